The van der Waals surface area contributed by atoms with Crippen molar-refractivity contribution in [1.29, 1.82) is 0 Å². The van der Waals surface area contributed by atoms with Crippen LogP contribution in [0.5, 0.6) is 0 Å². The Hall–Kier alpha value is -3.62. The van der Waals surface area contributed by atoms with Crippen LogP contribution < -0.4 is 10.6 Å². The number of sulfone groups is 1. The van der Waals surface area contributed by atoms with Crippen molar-refractivity contribution in [2.45, 2.75) is 116 Å². The number of rotatable bonds is 9. The standard InChI is InChI=1S/C48H62F3N5O5S/c1-42(2)34(30-6-8-32(9-7-30)41(58)59)16-19-43(3)37(42)18-20-45(5)38(43)15-14-35-39-36(53-40(57)31-10-12-33(13-11-31)47(54-55-47)48(49,50)51)17-21-46(39,23-22-44(35,45)4)52-24-25-56-26-28-62(60,61)29-27-56/h6-13,16,35-39,52H,14-15,17-29H2,1-5H3,(H,53,57)(H,58,59)/t35-,36-,37+,38-,39+,43+,44-,45-,46+/m1/s1. The molecule has 0 radical (unpaired) electrons. The lowest BCUT2D eigenvalue weighted by atomic mass is 9.33. The van der Waals surface area contributed by atoms with Gasteiger partial charge in [0.25, 0.3) is 5.91 Å². The molecule has 5 fully saturated rings. The molecule has 5 aliphatic carbocycles. The number of carbonyl (C=O) groups excluding carboxylic acids is 1. The number of nitrogens with zero attached hydrogens (tertiary/aromatic N) is 3. The Morgan fingerprint density at radius 3 is 2.11 bits per heavy atom. The second kappa shape index (κ2) is 14.7. The zero-order valence-corrected chi connectivity index (χ0v) is 37.5. The molecule has 1 amide bonds. The number of allylic oxidation sites excluding steroid dienone is 2. The summed E-state index contributed by atoms with van der Waals surface area (Å²) >= 11 is 0. The summed E-state index contributed by atoms with van der Waals surface area (Å²) in [6.45, 7) is 15.0. The molecule has 7 aliphatic rings. The Labute approximate surface area is 363 Å². The van der Waals surface area contributed by atoms with E-state index in [9.17, 15) is 36.3 Å². The third-order valence-corrected chi connectivity index (χ3v) is 20.0. The summed E-state index contributed by atoms with van der Waals surface area (Å²) in [6.07, 6.45) is 6.82. The van der Waals surface area contributed by atoms with Crippen molar-refractivity contribution in [3.8, 4) is 0 Å². The van der Waals surface area contributed by atoms with Crippen LogP contribution in [0.2, 0.25) is 0 Å². The van der Waals surface area contributed by atoms with Gasteiger partial charge in [0.05, 0.1) is 17.1 Å². The van der Waals surface area contributed by atoms with Gasteiger partial charge in [-0.3, -0.25) is 4.79 Å². The Bertz CT molecular complexity index is 2280. The maximum absolute atomic E-state index is 14.1. The average molecular weight is 878 g/mol. The van der Waals surface area contributed by atoms with Gasteiger partial charge in [0, 0.05) is 54.8 Å². The number of benzene rings is 2. The van der Waals surface area contributed by atoms with E-state index in [2.05, 4.69) is 66.5 Å². The van der Waals surface area contributed by atoms with E-state index in [1.165, 1.54) is 29.8 Å². The number of hydrogen-bond donors (Lipinski definition) is 3. The lowest BCUT2D eigenvalue weighted by Crippen LogP contribution is -2.69. The molecule has 9 atom stereocenters. The van der Waals surface area contributed by atoms with E-state index < -0.39 is 27.6 Å². The molecule has 2 aromatic carbocycles. The van der Waals surface area contributed by atoms with Crippen molar-refractivity contribution < 1.29 is 36.3 Å². The fourth-order valence-corrected chi connectivity index (χ4v) is 16.2. The highest BCUT2D eigenvalue weighted by molar-refractivity contribution is 7.91. The van der Waals surface area contributed by atoms with E-state index in [4.69, 9.17) is 0 Å². The van der Waals surface area contributed by atoms with Gasteiger partial charge in [-0.2, -0.15) is 13.2 Å². The highest BCUT2D eigenvalue weighted by Crippen LogP contribution is 2.76. The van der Waals surface area contributed by atoms with Gasteiger partial charge in [0.15, 0.2) is 9.84 Å². The minimum atomic E-state index is -4.65. The largest absolute Gasteiger partial charge is 0.478 e. The topological polar surface area (TPSA) is 141 Å². The molecule has 0 aromatic heterocycles. The van der Waals surface area contributed by atoms with Gasteiger partial charge >= 0.3 is 17.8 Å². The molecule has 3 N–H and O–H groups in total. The van der Waals surface area contributed by atoms with E-state index in [0.717, 1.165) is 76.4 Å². The third-order valence-electron chi connectivity index (χ3n) is 18.4. The van der Waals surface area contributed by atoms with Crippen LogP contribution >= 0.6 is 0 Å². The van der Waals surface area contributed by atoms with Crippen LogP contribution in [0.3, 0.4) is 0 Å². The summed E-state index contributed by atoms with van der Waals surface area (Å²) in [7, 11) is -2.99. The molecular weight excluding hydrogens is 816 g/mol. The van der Waals surface area contributed by atoms with Crippen molar-refractivity contribution in [2.75, 3.05) is 37.7 Å². The maximum Gasteiger partial charge on any atom is 0.442 e. The molecule has 2 aromatic rings. The number of amides is 1. The number of hydrogen-bond acceptors (Lipinski definition) is 8. The number of alkyl halides is 3. The number of carbonyl (C=O) groups is 2. The molecule has 0 bridgehead atoms. The fraction of sp³-hybridized carbons (Fsp3) is 0.667. The molecule has 2 heterocycles. The minimum absolute atomic E-state index is 0.0140. The van der Waals surface area contributed by atoms with Gasteiger partial charge < -0.3 is 20.6 Å². The SMILES string of the molecule is CC1(C)C(c2ccc(C(=O)O)cc2)=CC[C@]2(C)[C@H]3CC[C@@H]4[C@H]5[C@H](NC(=O)c6ccc(C7(C(F)(F)F)N=N7)cc6)CC[C@]5(NCCN5CCS(=O)(=O)CC5)CC[C@@]4(C)[C@]3(C)CC[C@@H]12. The monoisotopic (exact) mass is 877 g/mol. The molecule has 4 saturated carbocycles. The highest BCUT2D eigenvalue weighted by atomic mass is 32.2. The number of aromatic carboxylic acids is 1. The number of fused-ring (bicyclic) bond motifs is 7. The van der Waals surface area contributed by atoms with Crippen molar-refractivity contribution in [3.05, 3.63) is 76.9 Å². The van der Waals surface area contributed by atoms with Gasteiger partial charge in [-0.1, -0.05) is 65.0 Å². The highest BCUT2D eigenvalue weighted by Gasteiger charge is 2.71. The van der Waals surface area contributed by atoms with E-state index in [-0.39, 0.29) is 62.1 Å². The van der Waals surface area contributed by atoms with Gasteiger partial charge in [-0.15, -0.1) is 10.2 Å². The van der Waals surface area contributed by atoms with Crippen LogP contribution in [0.25, 0.3) is 5.57 Å². The van der Waals surface area contributed by atoms with Crippen LogP contribution in [0.4, 0.5) is 13.2 Å². The van der Waals surface area contributed by atoms with E-state index in [1.807, 2.05) is 12.1 Å². The fourth-order valence-electron chi connectivity index (χ4n) is 14.9. The molecule has 14 heteroatoms. The normalized spacial score (nSPS) is 37.8. The predicted molar refractivity (Wildman–Crippen MR) is 231 cm³/mol. The molecule has 10 nitrogen and oxygen atoms in total. The lowest BCUT2D eigenvalue weighted by molar-refractivity contribution is -0.218. The number of carboxylic acid groups (broad SMARTS) is 1. The summed E-state index contributed by atoms with van der Waals surface area (Å²) < 4.78 is 65.6. The number of carboxylic acids is 1. The third kappa shape index (κ3) is 6.72. The summed E-state index contributed by atoms with van der Waals surface area (Å²) in [5, 5.41) is 23.7. The molecule has 1 saturated heterocycles. The molecule has 336 valence electrons. The summed E-state index contributed by atoms with van der Waals surface area (Å²) in [5.41, 5.74) is 0.109. The lowest BCUT2D eigenvalue weighted by Gasteiger charge is -2.72. The maximum atomic E-state index is 14.1. The average Bonchev–Trinajstić information content (AvgIpc) is 3.97. The first-order chi connectivity index (χ1) is 29.1. The quantitative estimate of drug-likeness (QED) is 0.229. The predicted octanol–water partition coefficient (Wildman–Crippen LogP) is 8.90. The summed E-state index contributed by atoms with van der Waals surface area (Å²) in [6, 6.07) is 12.8. The summed E-state index contributed by atoms with van der Waals surface area (Å²) in [4.78, 5) is 28.0. The Balaban J connectivity index is 0.991. The number of nitrogens with one attached hydrogen (secondary N) is 2. The van der Waals surface area contributed by atoms with Gasteiger partial charge in [-0.05, 0) is 133 Å². The van der Waals surface area contributed by atoms with Crippen molar-refractivity contribution in [3.63, 3.8) is 0 Å². The van der Waals surface area contributed by atoms with Crippen molar-refractivity contribution in [1.82, 2.24) is 15.5 Å². The zero-order valence-electron chi connectivity index (χ0n) is 36.7. The van der Waals surface area contributed by atoms with Gasteiger partial charge in [0.1, 0.15) is 0 Å². The molecular formula is C48H62F3N5O5S. The van der Waals surface area contributed by atoms with Crippen LogP contribution in [-0.2, 0) is 15.5 Å². The molecule has 0 unspecified atom stereocenters. The smallest absolute Gasteiger partial charge is 0.442 e. The summed E-state index contributed by atoms with van der Waals surface area (Å²) in [5.74, 6) is 0.538. The molecule has 2 aliphatic heterocycles. The van der Waals surface area contributed by atoms with Crippen molar-refractivity contribution >= 4 is 27.3 Å². The van der Waals surface area contributed by atoms with Crippen molar-refractivity contribution in [2.24, 2.45) is 55.6 Å². The van der Waals surface area contributed by atoms with Crippen LogP contribution in [0.15, 0.2) is 64.8 Å². The molecule has 9 rings (SSSR count). The first kappa shape index (κ1) is 43.6. The Kier molecular flexibility index (Phi) is 10.3. The second-order valence-corrected chi connectivity index (χ2v) is 23.6. The van der Waals surface area contributed by atoms with Gasteiger partial charge in [-0.25, -0.2) is 13.2 Å². The molecule has 0 spiro atoms. The van der Waals surface area contributed by atoms with E-state index >= 15 is 0 Å². The zero-order chi connectivity index (χ0) is 44.3. The van der Waals surface area contributed by atoms with E-state index in [0.29, 0.717) is 42.0 Å². The van der Waals surface area contributed by atoms with E-state index in [1.54, 1.807) is 12.1 Å². The first-order valence-corrected chi connectivity index (χ1v) is 24.6. The first-order valence-electron chi connectivity index (χ1n) is 22.7. The second-order valence-electron chi connectivity index (χ2n) is 21.3. The van der Waals surface area contributed by atoms with Crippen LogP contribution in [-0.4, -0.2) is 85.7 Å². The van der Waals surface area contributed by atoms with Crippen LogP contribution in [0, 0.1) is 45.3 Å². The number of halogens is 3. The van der Waals surface area contributed by atoms with Gasteiger partial charge in [0.2, 0.25) is 0 Å². The Morgan fingerprint density at radius 2 is 1.48 bits per heavy atom. The minimum Gasteiger partial charge on any atom is -0.478 e. The Morgan fingerprint density at radius 1 is 0.823 bits per heavy atom. The molecule has 62 heavy (non-hydrogen) atoms. The van der Waals surface area contributed by atoms with Crippen LogP contribution in [0.1, 0.15) is 124 Å².